The number of hydrogen-bond acceptors (Lipinski definition) is 4. The molecule has 0 fully saturated rings. The largest absolute Gasteiger partial charge is 0.486 e. The van der Waals surface area contributed by atoms with E-state index < -0.39 is 0 Å². The van der Waals surface area contributed by atoms with Gasteiger partial charge in [0.25, 0.3) is 0 Å². The van der Waals surface area contributed by atoms with Crippen molar-refractivity contribution in [1.29, 1.82) is 0 Å². The molecule has 2 heterocycles. The molecule has 1 aliphatic rings. The number of para-hydroxylation sites is 1. The Bertz CT molecular complexity index is 554. The molecule has 5 heteroatoms. The van der Waals surface area contributed by atoms with Gasteiger partial charge in [0.1, 0.15) is 13.2 Å². The molecule has 0 radical (unpaired) electrons. The highest BCUT2D eigenvalue weighted by atomic mass is 16.6. The summed E-state index contributed by atoms with van der Waals surface area (Å²) in [5.41, 5.74) is 1.13. The molecular formula is C15H19N3O2. The summed E-state index contributed by atoms with van der Waals surface area (Å²) in [6.45, 7) is 5.00. The van der Waals surface area contributed by atoms with Crippen LogP contribution in [0.2, 0.25) is 0 Å². The predicted octanol–water partition coefficient (Wildman–Crippen LogP) is 1.83. The van der Waals surface area contributed by atoms with Crippen LogP contribution in [0.25, 0.3) is 0 Å². The molecule has 1 unspecified atom stereocenters. The van der Waals surface area contributed by atoms with Crippen molar-refractivity contribution in [1.82, 2.24) is 15.1 Å². The molecule has 1 aromatic heterocycles. The van der Waals surface area contributed by atoms with Crippen molar-refractivity contribution in [3.05, 3.63) is 42.2 Å². The lowest BCUT2D eigenvalue weighted by molar-refractivity contribution is 0.169. The van der Waals surface area contributed by atoms with E-state index >= 15 is 0 Å². The molecule has 1 N–H and O–H groups in total. The van der Waals surface area contributed by atoms with Gasteiger partial charge in [0.15, 0.2) is 11.5 Å². The highest BCUT2D eigenvalue weighted by molar-refractivity contribution is 5.47. The highest BCUT2D eigenvalue weighted by Gasteiger charge is 2.15. The van der Waals surface area contributed by atoms with Gasteiger partial charge in [-0.1, -0.05) is 12.1 Å². The van der Waals surface area contributed by atoms with Gasteiger partial charge < -0.3 is 14.8 Å². The normalized spacial score (nSPS) is 15.1. The first-order chi connectivity index (χ1) is 9.83. The van der Waals surface area contributed by atoms with E-state index in [0.717, 1.165) is 30.2 Å². The lowest BCUT2D eigenvalue weighted by Crippen LogP contribution is -2.30. The predicted molar refractivity (Wildman–Crippen MR) is 76.0 cm³/mol. The van der Waals surface area contributed by atoms with Crippen LogP contribution in [0.4, 0.5) is 0 Å². The number of fused-ring (bicyclic) bond motifs is 1. The summed E-state index contributed by atoms with van der Waals surface area (Å²) in [5.74, 6) is 1.72. The third-order valence-corrected chi connectivity index (χ3v) is 3.31. The van der Waals surface area contributed by atoms with Gasteiger partial charge in [0.05, 0.1) is 6.54 Å². The SMILES string of the molecule is CC(Cn1cccn1)NCc1cccc2c1OCCO2. The maximum Gasteiger partial charge on any atom is 0.165 e. The van der Waals surface area contributed by atoms with Gasteiger partial charge in [0.2, 0.25) is 0 Å². The lowest BCUT2D eigenvalue weighted by atomic mass is 10.1. The van der Waals surface area contributed by atoms with E-state index in [-0.39, 0.29) is 0 Å². The molecule has 1 aromatic carbocycles. The monoisotopic (exact) mass is 273 g/mol. The molecule has 0 aliphatic carbocycles. The molecule has 2 aromatic rings. The van der Waals surface area contributed by atoms with E-state index in [4.69, 9.17) is 9.47 Å². The minimum absolute atomic E-state index is 0.329. The molecule has 1 aliphatic heterocycles. The molecule has 106 valence electrons. The summed E-state index contributed by atoms with van der Waals surface area (Å²) in [5, 5.41) is 7.70. The number of hydrogen-bond donors (Lipinski definition) is 1. The van der Waals surface area contributed by atoms with Gasteiger partial charge >= 0.3 is 0 Å². The van der Waals surface area contributed by atoms with E-state index in [9.17, 15) is 0 Å². The zero-order valence-corrected chi connectivity index (χ0v) is 11.6. The Morgan fingerprint density at radius 3 is 3.05 bits per heavy atom. The van der Waals surface area contributed by atoms with Crippen molar-refractivity contribution >= 4 is 0 Å². The van der Waals surface area contributed by atoms with Crippen LogP contribution >= 0.6 is 0 Å². The Kier molecular flexibility index (Phi) is 3.87. The Hall–Kier alpha value is -2.01. The zero-order chi connectivity index (χ0) is 13.8. The van der Waals surface area contributed by atoms with Crippen LogP contribution in [0.1, 0.15) is 12.5 Å². The smallest absolute Gasteiger partial charge is 0.165 e. The molecule has 1 atom stereocenters. The van der Waals surface area contributed by atoms with Crippen LogP contribution in [0.15, 0.2) is 36.7 Å². The molecule has 0 saturated carbocycles. The molecule has 0 amide bonds. The standard InChI is InChI=1S/C15H19N3O2/c1-12(11-18-7-3-6-17-18)16-10-13-4-2-5-14-15(13)20-9-8-19-14/h2-7,12,16H,8-11H2,1H3. The second-order valence-corrected chi connectivity index (χ2v) is 4.95. The second-order valence-electron chi connectivity index (χ2n) is 4.95. The van der Waals surface area contributed by atoms with Crippen molar-refractivity contribution in [3.63, 3.8) is 0 Å². The fourth-order valence-corrected chi connectivity index (χ4v) is 2.31. The third-order valence-electron chi connectivity index (χ3n) is 3.31. The van der Waals surface area contributed by atoms with Crippen molar-refractivity contribution in [2.75, 3.05) is 13.2 Å². The molecule has 0 spiro atoms. The molecule has 20 heavy (non-hydrogen) atoms. The van der Waals surface area contributed by atoms with Crippen LogP contribution < -0.4 is 14.8 Å². The van der Waals surface area contributed by atoms with Crippen LogP contribution in [0.3, 0.4) is 0 Å². The fraction of sp³-hybridized carbons (Fsp3) is 0.400. The summed E-state index contributed by atoms with van der Waals surface area (Å²) < 4.78 is 13.2. The van der Waals surface area contributed by atoms with Gasteiger partial charge in [-0.3, -0.25) is 4.68 Å². The number of benzene rings is 1. The summed E-state index contributed by atoms with van der Waals surface area (Å²) in [7, 11) is 0. The average molecular weight is 273 g/mol. The zero-order valence-electron chi connectivity index (χ0n) is 11.6. The van der Waals surface area contributed by atoms with E-state index in [1.54, 1.807) is 6.20 Å². The highest BCUT2D eigenvalue weighted by Crippen LogP contribution is 2.33. The summed E-state index contributed by atoms with van der Waals surface area (Å²) in [6.07, 6.45) is 3.77. The van der Waals surface area contributed by atoms with Crippen LogP contribution in [0, 0.1) is 0 Å². The van der Waals surface area contributed by atoms with Crippen LogP contribution in [-0.4, -0.2) is 29.0 Å². The van der Waals surface area contributed by atoms with Gasteiger partial charge in [-0.2, -0.15) is 5.10 Å². The summed E-state index contributed by atoms with van der Waals surface area (Å²) in [4.78, 5) is 0. The average Bonchev–Trinajstić information content (AvgIpc) is 2.98. The van der Waals surface area contributed by atoms with Gasteiger partial charge in [-0.15, -0.1) is 0 Å². The van der Waals surface area contributed by atoms with Gasteiger partial charge in [0, 0.05) is 30.5 Å². The van der Waals surface area contributed by atoms with Crippen LogP contribution in [-0.2, 0) is 13.1 Å². The van der Waals surface area contributed by atoms with Gasteiger partial charge in [-0.25, -0.2) is 0 Å². The number of nitrogens with one attached hydrogen (secondary N) is 1. The quantitative estimate of drug-likeness (QED) is 0.903. The molecule has 3 rings (SSSR count). The first-order valence-corrected chi connectivity index (χ1v) is 6.91. The van der Waals surface area contributed by atoms with Crippen molar-refractivity contribution in [2.24, 2.45) is 0 Å². The van der Waals surface area contributed by atoms with Crippen LogP contribution in [0.5, 0.6) is 11.5 Å². The molecular weight excluding hydrogens is 254 g/mol. The Morgan fingerprint density at radius 2 is 2.20 bits per heavy atom. The first kappa shape index (κ1) is 13.0. The third kappa shape index (κ3) is 2.93. The van der Waals surface area contributed by atoms with Gasteiger partial charge in [-0.05, 0) is 19.1 Å². The minimum atomic E-state index is 0.329. The van der Waals surface area contributed by atoms with E-state index in [1.807, 2.05) is 29.1 Å². The summed E-state index contributed by atoms with van der Waals surface area (Å²) in [6, 6.07) is 8.29. The number of rotatable bonds is 5. The molecule has 5 nitrogen and oxygen atoms in total. The number of nitrogens with zero attached hydrogens (tertiary/aromatic N) is 2. The van der Waals surface area contributed by atoms with Crippen molar-refractivity contribution in [3.8, 4) is 11.5 Å². The molecule has 0 saturated heterocycles. The summed E-state index contributed by atoms with van der Waals surface area (Å²) >= 11 is 0. The lowest BCUT2D eigenvalue weighted by Gasteiger charge is -2.22. The number of ether oxygens (including phenoxy) is 2. The van der Waals surface area contributed by atoms with E-state index in [1.165, 1.54) is 0 Å². The number of aromatic nitrogens is 2. The van der Waals surface area contributed by atoms with E-state index in [2.05, 4.69) is 23.4 Å². The topological polar surface area (TPSA) is 48.3 Å². The Morgan fingerprint density at radius 1 is 1.30 bits per heavy atom. The fourth-order valence-electron chi connectivity index (χ4n) is 2.31. The Balaban J connectivity index is 1.61. The maximum absolute atomic E-state index is 5.71. The van der Waals surface area contributed by atoms with Crippen molar-refractivity contribution < 1.29 is 9.47 Å². The maximum atomic E-state index is 5.71. The first-order valence-electron chi connectivity index (χ1n) is 6.91. The van der Waals surface area contributed by atoms with Crippen molar-refractivity contribution in [2.45, 2.75) is 26.1 Å². The second kappa shape index (κ2) is 5.96. The van der Waals surface area contributed by atoms with E-state index in [0.29, 0.717) is 19.3 Å². The minimum Gasteiger partial charge on any atom is -0.486 e. The molecule has 0 bridgehead atoms. The Labute approximate surface area is 118 Å².